The lowest BCUT2D eigenvalue weighted by atomic mass is 10.1. The van der Waals surface area contributed by atoms with E-state index in [1.165, 1.54) is 6.26 Å². The van der Waals surface area contributed by atoms with Crippen LogP contribution < -0.4 is 5.32 Å². The molecule has 2 rings (SSSR count). The lowest BCUT2D eigenvalue weighted by Crippen LogP contribution is -2.37. The quantitative estimate of drug-likeness (QED) is 0.841. The van der Waals surface area contributed by atoms with E-state index < -0.39 is 9.84 Å². The molecule has 126 valence electrons. The van der Waals surface area contributed by atoms with Gasteiger partial charge in [-0.3, -0.25) is 0 Å². The Labute approximate surface area is 139 Å². The molecule has 1 aromatic rings. The number of nitrogens with one attached hydrogen (secondary N) is 1. The van der Waals surface area contributed by atoms with E-state index in [0.717, 1.165) is 17.8 Å². The van der Waals surface area contributed by atoms with Crippen LogP contribution in [0.15, 0.2) is 46.2 Å². The molecule has 1 unspecified atom stereocenters. The van der Waals surface area contributed by atoms with Crippen molar-refractivity contribution in [2.45, 2.75) is 44.7 Å². The van der Waals surface area contributed by atoms with Gasteiger partial charge < -0.3 is 5.32 Å². The average molecular weight is 336 g/mol. The molecule has 1 atom stereocenters. The predicted octanol–water partition coefficient (Wildman–Crippen LogP) is 2.66. The van der Waals surface area contributed by atoms with Gasteiger partial charge in [-0.25, -0.2) is 8.42 Å². The second-order valence-corrected chi connectivity index (χ2v) is 9.10. The highest BCUT2D eigenvalue weighted by Gasteiger charge is 2.30. The zero-order chi connectivity index (χ0) is 17.3. The molecule has 0 bridgehead atoms. The van der Waals surface area contributed by atoms with E-state index in [2.05, 4.69) is 44.3 Å². The van der Waals surface area contributed by atoms with Gasteiger partial charge in [0, 0.05) is 17.4 Å². The van der Waals surface area contributed by atoms with Gasteiger partial charge in [-0.15, -0.1) is 0 Å². The van der Waals surface area contributed by atoms with E-state index in [0.29, 0.717) is 16.0 Å². The first kappa shape index (κ1) is 17.7. The standard InChI is InChI=1S/C17H26N3O2S/c1-6-20(13-15(11-18-20)19-17(2,3)4)12-14-7-9-16(10-8-14)23(5,21)22/h7-11,13,19H,6,12H2,1-5H3/q+1. The van der Waals surface area contributed by atoms with Crippen molar-refractivity contribution in [3.63, 3.8) is 0 Å². The van der Waals surface area contributed by atoms with Crippen LogP contribution in [0.2, 0.25) is 0 Å². The van der Waals surface area contributed by atoms with Crippen LogP contribution in [0.1, 0.15) is 33.3 Å². The van der Waals surface area contributed by atoms with Crippen LogP contribution in [0.25, 0.3) is 0 Å². The van der Waals surface area contributed by atoms with Crippen molar-refractivity contribution in [2.75, 3.05) is 12.8 Å². The Hall–Kier alpha value is -1.66. The van der Waals surface area contributed by atoms with Gasteiger partial charge in [0.15, 0.2) is 9.84 Å². The molecule has 0 radical (unpaired) electrons. The van der Waals surface area contributed by atoms with Gasteiger partial charge in [-0.1, -0.05) is 17.2 Å². The number of hydrogen-bond donors (Lipinski definition) is 1. The van der Waals surface area contributed by atoms with Crippen molar-refractivity contribution >= 4 is 16.1 Å². The highest BCUT2D eigenvalue weighted by Crippen LogP contribution is 2.23. The van der Waals surface area contributed by atoms with Crippen molar-refractivity contribution in [3.8, 4) is 0 Å². The Morgan fingerprint density at radius 2 is 1.78 bits per heavy atom. The lowest BCUT2D eigenvalue weighted by Gasteiger charge is -2.25. The van der Waals surface area contributed by atoms with Crippen molar-refractivity contribution in [1.29, 1.82) is 0 Å². The maximum absolute atomic E-state index is 11.5. The van der Waals surface area contributed by atoms with Crippen LogP contribution in [0.3, 0.4) is 0 Å². The highest BCUT2D eigenvalue weighted by atomic mass is 32.2. The zero-order valence-electron chi connectivity index (χ0n) is 14.5. The van der Waals surface area contributed by atoms with Gasteiger partial charge in [0.05, 0.1) is 4.90 Å². The molecule has 6 heteroatoms. The zero-order valence-corrected chi connectivity index (χ0v) is 15.3. The van der Waals surface area contributed by atoms with Gasteiger partial charge in [-0.05, 0) is 39.8 Å². The van der Waals surface area contributed by atoms with Crippen molar-refractivity contribution < 1.29 is 13.0 Å². The number of quaternary nitrogens is 1. The Kier molecular flexibility index (Phi) is 4.69. The van der Waals surface area contributed by atoms with Gasteiger partial charge in [-0.2, -0.15) is 4.59 Å². The smallest absolute Gasteiger partial charge is 0.175 e. The van der Waals surface area contributed by atoms with E-state index in [4.69, 9.17) is 0 Å². The monoisotopic (exact) mass is 336 g/mol. The fraction of sp³-hybridized carbons (Fsp3) is 0.471. The van der Waals surface area contributed by atoms with E-state index in [-0.39, 0.29) is 5.54 Å². The molecule has 1 aliphatic rings. The van der Waals surface area contributed by atoms with Crippen molar-refractivity contribution in [1.82, 2.24) is 5.32 Å². The molecule has 1 aliphatic heterocycles. The molecular weight excluding hydrogens is 310 g/mol. The SMILES string of the molecule is CC[N+]1(Cc2ccc(S(C)(=O)=O)cc2)C=C(NC(C)(C)C)C=N1. The second-order valence-electron chi connectivity index (χ2n) is 7.08. The van der Waals surface area contributed by atoms with E-state index in [9.17, 15) is 8.42 Å². The van der Waals surface area contributed by atoms with E-state index in [1.54, 1.807) is 12.1 Å². The molecule has 23 heavy (non-hydrogen) atoms. The molecule has 0 saturated carbocycles. The molecule has 0 saturated heterocycles. The summed E-state index contributed by atoms with van der Waals surface area (Å²) in [4.78, 5) is 0.347. The summed E-state index contributed by atoms with van der Waals surface area (Å²) in [7, 11) is -3.15. The number of hydrogen-bond acceptors (Lipinski definition) is 4. The maximum atomic E-state index is 11.5. The molecule has 0 spiro atoms. The number of sulfone groups is 1. The molecule has 0 aromatic heterocycles. The number of allylic oxidation sites excluding steroid dienone is 1. The summed E-state index contributed by atoms with van der Waals surface area (Å²) in [5.41, 5.74) is 2.07. The van der Waals surface area contributed by atoms with E-state index >= 15 is 0 Å². The fourth-order valence-corrected chi connectivity index (χ4v) is 3.16. The molecule has 0 amide bonds. The Morgan fingerprint density at radius 3 is 2.26 bits per heavy atom. The molecule has 1 N–H and O–H groups in total. The normalized spacial score (nSPS) is 21.3. The number of benzene rings is 1. The van der Waals surface area contributed by atoms with Crippen LogP contribution in [0.5, 0.6) is 0 Å². The van der Waals surface area contributed by atoms with Crippen LogP contribution in [0, 0.1) is 0 Å². The molecule has 0 fully saturated rings. The number of nitrogens with zero attached hydrogens (tertiary/aromatic N) is 2. The maximum Gasteiger partial charge on any atom is 0.175 e. The molecular formula is C17H26N3O2S+. The van der Waals surface area contributed by atoms with Gasteiger partial charge >= 0.3 is 0 Å². The summed E-state index contributed by atoms with van der Waals surface area (Å²) in [6.07, 6.45) is 5.22. The minimum absolute atomic E-state index is 0.0112. The Balaban J connectivity index is 2.19. The third-order valence-corrected chi connectivity index (χ3v) is 4.81. The summed E-state index contributed by atoms with van der Waals surface area (Å²) in [6.45, 7) is 9.98. The molecule has 5 nitrogen and oxygen atoms in total. The van der Waals surface area contributed by atoms with E-state index in [1.807, 2.05) is 18.3 Å². The lowest BCUT2D eigenvalue weighted by molar-refractivity contribution is -0.895. The van der Waals surface area contributed by atoms with Crippen LogP contribution in [-0.2, 0) is 16.4 Å². The summed E-state index contributed by atoms with van der Waals surface area (Å²) in [5, 5.41) is 8.10. The van der Waals surface area contributed by atoms with Crippen LogP contribution in [-0.4, -0.2) is 37.6 Å². The van der Waals surface area contributed by atoms with Crippen LogP contribution >= 0.6 is 0 Å². The first-order valence-electron chi connectivity index (χ1n) is 7.75. The third-order valence-electron chi connectivity index (χ3n) is 3.68. The summed E-state index contributed by atoms with van der Waals surface area (Å²) in [5.74, 6) is 0. The Bertz CT molecular complexity index is 728. The summed E-state index contributed by atoms with van der Waals surface area (Å²) in [6, 6.07) is 7.05. The summed E-state index contributed by atoms with van der Waals surface area (Å²) < 4.78 is 23.6. The average Bonchev–Trinajstić information content (AvgIpc) is 2.80. The topological polar surface area (TPSA) is 58.5 Å². The predicted molar refractivity (Wildman–Crippen MR) is 93.5 cm³/mol. The summed E-state index contributed by atoms with van der Waals surface area (Å²) >= 11 is 0. The first-order chi connectivity index (χ1) is 10.5. The third kappa shape index (κ3) is 4.65. The van der Waals surface area contributed by atoms with Gasteiger partial charge in [0.1, 0.15) is 31.2 Å². The fourth-order valence-electron chi connectivity index (χ4n) is 2.53. The van der Waals surface area contributed by atoms with Crippen molar-refractivity contribution in [2.24, 2.45) is 5.10 Å². The minimum atomic E-state index is -3.15. The largest absolute Gasteiger partial charge is 0.375 e. The van der Waals surface area contributed by atoms with Crippen LogP contribution in [0.4, 0.5) is 0 Å². The number of rotatable bonds is 5. The van der Waals surface area contributed by atoms with Gasteiger partial charge in [0.25, 0.3) is 0 Å². The van der Waals surface area contributed by atoms with Crippen molar-refractivity contribution in [3.05, 3.63) is 41.7 Å². The molecule has 1 heterocycles. The first-order valence-corrected chi connectivity index (χ1v) is 9.65. The minimum Gasteiger partial charge on any atom is -0.375 e. The highest BCUT2D eigenvalue weighted by molar-refractivity contribution is 7.90. The van der Waals surface area contributed by atoms with Gasteiger partial charge in [0.2, 0.25) is 0 Å². The molecule has 0 aliphatic carbocycles. The molecule has 1 aromatic carbocycles. The second kappa shape index (κ2) is 6.09. The Morgan fingerprint density at radius 1 is 1.17 bits per heavy atom.